The van der Waals surface area contributed by atoms with Crippen LogP contribution in [0.2, 0.25) is 0 Å². The van der Waals surface area contributed by atoms with E-state index in [4.69, 9.17) is 0 Å². The molecule has 0 saturated carbocycles. The first-order valence-corrected chi connectivity index (χ1v) is 6.29. The molecule has 106 valence electrons. The monoisotopic (exact) mass is 274 g/mol. The van der Waals surface area contributed by atoms with E-state index in [0.29, 0.717) is 18.7 Å². The van der Waals surface area contributed by atoms with Crippen molar-refractivity contribution in [3.63, 3.8) is 0 Å². The van der Waals surface area contributed by atoms with Crippen LogP contribution in [0.25, 0.3) is 0 Å². The lowest BCUT2D eigenvalue weighted by atomic mass is 10.0. The van der Waals surface area contributed by atoms with Crippen LogP contribution in [0.3, 0.4) is 0 Å². The molecule has 19 heavy (non-hydrogen) atoms. The van der Waals surface area contributed by atoms with E-state index in [1.807, 2.05) is 4.90 Å². The van der Waals surface area contributed by atoms with Crippen LogP contribution < -0.4 is 5.32 Å². The Morgan fingerprint density at radius 2 is 1.95 bits per heavy atom. The van der Waals surface area contributed by atoms with Gasteiger partial charge >= 0.3 is 0 Å². The van der Waals surface area contributed by atoms with Crippen LogP contribution in [0.15, 0.2) is 18.2 Å². The SMILES string of the molecule is Oc1ccc([C@@H](CC(F)F)N2CCNCC2)cc1F. The molecule has 1 atom stereocenters. The molecular weight excluding hydrogens is 257 g/mol. The zero-order chi connectivity index (χ0) is 13.8. The average molecular weight is 274 g/mol. The summed E-state index contributed by atoms with van der Waals surface area (Å²) in [6, 6.07) is 3.35. The molecule has 0 aromatic heterocycles. The van der Waals surface area contributed by atoms with Gasteiger partial charge in [-0.1, -0.05) is 6.07 Å². The quantitative estimate of drug-likeness (QED) is 0.883. The molecule has 1 saturated heterocycles. The first-order chi connectivity index (χ1) is 9.08. The molecule has 1 aliphatic rings. The highest BCUT2D eigenvalue weighted by Gasteiger charge is 2.26. The molecule has 1 heterocycles. The highest BCUT2D eigenvalue weighted by Crippen LogP contribution is 2.30. The second-order valence-electron chi connectivity index (χ2n) is 4.64. The predicted octanol–water partition coefficient (Wildman–Crippen LogP) is 2.13. The maximum atomic E-state index is 13.4. The van der Waals surface area contributed by atoms with Gasteiger partial charge in [-0.05, 0) is 17.7 Å². The molecule has 0 spiro atoms. The largest absolute Gasteiger partial charge is 0.505 e. The minimum absolute atomic E-state index is 0.329. The van der Waals surface area contributed by atoms with Crippen molar-refractivity contribution in [3.05, 3.63) is 29.6 Å². The summed E-state index contributed by atoms with van der Waals surface area (Å²) in [5, 5.41) is 12.3. The Bertz CT molecular complexity index is 422. The van der Waals surface area contributed by atoms with Crippen molar-refractivity contribution in [2.24, 2.45) is 0 Å². The van der Waals surface area contributed by atoms with Gasteiger partial charge in [0.25, 0.3) is 0 Å². The number of nitrogens with zero attached hydrogens (tertiary/aromatic N) is 1. The summed E-state index contributed by atoms with van der Waals surface area (Å²) in [7, 11) is 0. The van der Waals surface area contributed by atoms with Crippen molar-refractivity contribution in [3.8, 4) is 5.75 Å². The molecule has 0 amide bonds. The number of hydrogen-bond donors (Lipinski definition) is 2. The van der Waals surface area contributed by atoms with Gasteiger partial charge in [-0.15, -0.1) is 0 Å². The molecule has 1 aromatic rings. The van der Waals surface area contributed by atoms with Gasteiger partial charge in [0.15, 0.2) is 11.6 Å². The Hall–Kier alpha value is -1.27. The lowest BCUT2D eigenvalue weighted by Gasteiger charge is -2.35. The molecule has 3 nitrogen and oxygen atoms in total. The molecule has 0 unspecified atom stereocenters. The summed E-state index contributed by atoms with van der Waals surface area (Å²) >= 11 is 0. The maximum Gasteiger partial charge on any atom is 0.240 e. The normalized spacial score (nSPS) is 18.7. The standard InChI is InChI=1S/C13H17F3N2O/c14-10-7-9(1-2-12(10)19)11(8-13(15)16)18-5-3-17-4-6-18/h1-2,7,11,13,17,19H,3-6,8H2/t11-/m1/s1. The van der Waals surface area contributed by atoms with E-state index in [9.17, 15) is 18.3 Å². The van der Waals surface area contributed by atoms with Crippen LogP contribution >= 0.6 is 0 Å². The number of rotatable bonds is 4. The number of benzene rings is 1. The molecule has 1 aliphatic heterocycles. The third-order valence-electron chi connectivity index (χ3n) is 3.35. The Labute approximate surface area is 110 Å². The fourth-order valence-electron chi connectivity index (χ4n) is 2.39. The lowest BCUT2D eigenvalue weighted by Crippen LogP contribution is -2.45. The van der Waals surface area contributed by atoms with E-state index >= 15 is 0 Å². The number of phenolic OH excluding ortho intramolecular Hbond substituents is 1. The van der Waals surface area contributed by atoms with Crippen molar-refractivity contribution in [2.75, 3.05) is 26.2 Å². The predicted molar refractivity (Wildman–Crippen MR) is 65.9 cm³/mol. The van der Waals surface area contributed by atoms with E-state index in [0.717, 1.165) is 19.2 Å². The van der Waals surface area contributed by atoms with Gasteiger partial charge in [-0.2, -0.15) is 0 Å². The van der Waals surface area contributed by atoms with Gasteiger partial charge in [0.2, 0.25) is 6.43 Å². The Kier molecular flexibility index (Phi) is 4.66. The average Bonchev–Trinajstić information content (AvgIpc) is 2.40. The summed E-state index contributed by atoms with van der Waals surface area (Å²) in [4.78, 5) is 1.93. The summed E-state index contributed by atoms with van der Waals surface area (Å²) < 4.78 is 38.8. The highest BCUT2D eigenvalue weighted by atomic mass is 19.3. The van der Waals surface area contributed by atoms with Gasteiger partial charge in [0.1, 0.15) is 0 Å². The Morgan fingerprint density at radius 3 is 2.53 bits per heavy atom. The van der Waals surface area contributed by atoms with Crippen LogP contribution in [-0.4, -0.2) is 42.6 Å². The number of piperazine rings is 1. The number of hydrogen-bond acceptors (Lipinski definition) is 3. The van der Waals surface area contributed by atoms with Gasteiger partial charge < -0.3 is 10.4 Å². The van der Waals surface area contributed by atoms with Gasteiger partial charge in [0, 0.05) is 38.6 Å². The van der Waals surface area contributed by atoms with Crippen LogP contribution in [0.5, 0.6) is 5.75 Å². The van der Waals surface area contributed by atoms with Gasteiger partial charge in [-0.3, -0.25) is 4.90 Å². The molecule has 2 N–H and O–H groups in total. The first-order valence-electron chi connectivity index (χ1n) is 6.29. The highest BCUT2D eigenvalue weighted by molar-refractivity contribution is 5.30. The molecule has 1 fully saturated rings. The van der Waals surface area contributed by atoms with Crippen LogP contribution in [-0.2, 0) is 0 Å². The summed E-state index contributed by atoms with van der Waals surface area (Å²) in [6.45, 7) is 2.78. The summed E-state index contributed by atoms with van der Waals surface area (Å²) in [5.74, 6) is -1.23. The Balaban J connectivity index is 2.22. The number of nitrogens with one attached hydrogen (secondary N) is 1. The Morgan fingerprint density at radius 1 is 1.26 bits per heavy atom. The molecule has 0 bridgehead atoms. The van der Waals surface area contributed by atoms with E-state index in [1.54, 1.807) is 0 Å². The summed E-state index contributed by atoms with van der Waals surface area (Å²) in [5.41, 5.74) is 0.484. The van der Waals surface area contributed by atoms with Crippen molar-refractivity contribution in [1.82, 2.24) is 10.2 Å². The van der Waals surface area contributed by atoms with Gasteiger partial charge in [0.05, 0.1) is 0 Å². The summed E-state index contributed by atoms with van der Waals surface area (Å²) in [6.07, 6.45) is -2.78. The van der Waals surface area contributed by atoms with E-state index in [1.165, 1.54) is 12.1 Å². The lowest BCUT2D eigenvalue weighted by molar-refractivity contribution is 0.0737. The van der Waals surface area contributed by atoms with Crippen LogP contribution in [0.1, 0.15) is 18.0 Å². The van der Waals surface area contributed by atoms with Crippen molar-refractivity contribution < 1.29 is 18.3 Å². The van der Waals surface area contributed by atoms with Crippen molar-refractivity contribution in [2.45, 2.75) is 18.9 Å². The molecular formula is C13H17F3N2O. The van der Waals surface area contributed by atoms with E-state index in [2.05, 4.69) is 5.32 Å². The third kappa shape index (κ3) is 3.61. The smallest absolute Gasteiger partial charge is 0.240 e. The van der Waals surface area contributed by atoms with E-state index < -0.39 is 24.0 Å². The number of halogens is 3. The second kappa shape index (κ2) is 6.25. The zero-order valence-corrected chi connectivity index (χ0v) is 10.5. The fraction of sp³-hybridized carbons (Fsp3) is 0.538. The van der Waals surface area contributed by atoms with E-state index in [-0.39, 0.29) is 6.42 Å². The van der Waals surface area contributed by atoms with Gasteiger partial charge in [-0.25, -0.2) is 13.2 Å². The molecule has 2 rings (SSSR count). The molecule has 0 radical (unpaired) electrons. The fourth-order valence-corrected chi connectivity index (χ4v) is 2.39. The van der Waals surface area contributed by atoms with Crippen molar-refractivity contribution >= 4 is 0 Å². The first kappa shape index (κ1) is 14.1. The number of phenols is 1. The van der Waals surface area contributed by atoms with Crippen LogP contribution in [0.4, 0.5) is 13.2 Å². The number of alkyl halides is 2. The topological polar surface area (TPSA) is 35.5 Å². The maximum absolute atomic E-state index is 13.4. The number of aromatic hydroxyl groups is 1. The third-order valence-corrected chi connectivity index (χ3v) is 3.35. The van der Waals surface area contributed by atoms with Crippen molar-refractivity contribution in [1.29, 1.82) is 0 Å². The second-order valence-corrected chi connectivity index (χ2v) is 4.64. The van der Waals surface area contributed by atoms with Crippen LogP contribution in [0, 0.1) is 5.82 Å². The minimum atomic E-state index is -2.45. The minimum Gasteiger partial charge on any atom is -0.505 e. The molecule has 6 heteroatoms. The molecule has 0 aliphatic carbocycles. The zero-order valence-electron chi connectivity index (χ0n) is 10.5. The molecule has 1 aromatic carbocycles.